The first-order chi connectivity index (χ1) is 16.7. The first kappa shape index (κ1) is 30.1. The lowest BCUT2D eigenvalue weighted by atomic mass is 10.1. The van der Waals surface area contributed by atoms with Gasteiger partial charge in [0.1, 0.15) is 12.6 Å². The maximum absolute atomic E-state index is 12.3. The van der Waals surface area contributed by atoms with E-state index in [-0.39, 0.29) is 49.9 Å². The number of carbonyl (C=O) groups is 4. The molecule has 1 atom stereocenters. The second-order valence-electron chi connectivity index (χ2n) is 8.62. The summed E-state index contributed by atoms with van der Waals surface area (Å²) >= 11 is 0. The zero-order valence-corrected chi connectivity index (χ0v) is 21.5. The van der Waals surface area contributed by atoms with E-state index in [1.54, 1.807) is 18.2 Å². The molecule has 0 aromatic heterocycles. The van der Waals surface area contributed by atoms with Crippen LogP contribution < -0.4 is 14.8 Å². The molecule has 1 N–H and O–H groups in total. The highest BCUT2D eigenvalue weighted by molar-refractivity contribution is 5.77. The fraction of sp³-hybridized carbons (Fsp3) is 0.615. The van der Waals surface area contributed by atoms with E-state index in [1.165, 1.54) is 7.11 Å². The zero-order chi connectivity index (χ0) is 26.2. The van der Waals surface area contributed by atoms with Gasteiger partial charge in [0.25, 0.3) is 0 Å². The minimum absolute atomic E-state index is 0.119. The van der Waals surface area contributed by atoms with E-state index in [1.807, 2.05) is 27.7 Å². The van der Waals surface area contributed by atoms with Crippen LogP contribution in [-0.4, -0.2) is 50.2 Å². The molecule has 0 saturated carbocycles. The lowest BCUT2D eigenvalue weighted by Crippen LogP contribution is -2.41. The summed E-state index contributed by atoms with van der Waals surface area (Å²) in [5, 5.41) is 3.04. The van der Waals surface area contributed by atoms with Crippen LogP contribution in [0.1, 0.15) is 71.8 Å². The Morgan fingerprint density at radius 1 is 0.886 bits per heavy atom. The molecule has 35 heavy (non-hydrogen) atoms. The number of ether oxygens (including phenoxy) is 4. The summed E-state index contributed by atoms with van der Waals surface area (Å²) < 4.78 is 20.9. The van der Waals surface area contributed by atoms with Gasteiger partial charge in [0.2, 0.25) is 0 Å². The van der Waals surface area contributed by atoms with E-state index in [0.29, 0.717) is 30.7 Å². The van der Waals surface area contributed by atoms with Crippen LogP contribution in [0, 0.1) is 5.92 Å². The Kier molecular flexibility index (Phi) is 14.3. The molecule has 1 rings (SSSR count). The van der Waals surface area contributed by atoms with Crippen molar-refractivity contribution in [3.8, 4) is 11.5 Å². The fourth-order valence-corrected chi connectivity index (χ4v) is 3.09. The number of hydrogen-bond donors (Lipinski definition) is 1. The van der Waals surface area contributed by atoms with E-state index in [2.05, 4.69) is 5.32 Å². The van der Waals surface area contributed by atoms with Gasteiger partial charge < -0.3 is 24.3 Å². The van der Waals surface area contributed by atoms with Gasteiger partial charge in [-0.2, -0.15) is 0 Å². The minimum atomic E-state index is -0.720. The van der Waals surface area contributed by atoms with Gasteiger partial charge in [-0.1, -0.05) is 33.8 Å². The molecule has 9 heteroatoms. The van der Waals surface area contributed by atoms with E-state index >= 15 is 0 Å². The van der Waals surface area contributed by atoms with Crippen molar-refractivity contribution < 1.29 is 38.1 Å². The van der Waals surface area contributed by atoms with Gasteiger partial charge in [-0.15, -0.1) is 0 Å². The zero-order valence-electron chi connectivity index (χ0n) is 21.5. The van der Waals surface area contributed by atoms with Crippen LogP contribution in [0.5, 0.6) is 11.5 Å². The van der Waals surface area contributed by atoms with Gasteiger partial charge >= 0.3 is 23.9 Å². The predicted molar refractivity (Wildman–Crippen MR) is 130 cm³/mol. The second-order valence-corrected chi connectivity index (χ2v) is 8.62. The number of carbonyl (C=O) groups excluding carboxylic acids is 4. The monoisotopic (exact) mass is 493 g/mol. The molecule has 1 aromatic rings. The largest absolute Gasteiger partial charge is 0.468 e. The lowest BCUT2D eigenvalue weighted by molar-refractivity contribution is -0.144. The molecule has 0 spiro atoms. The van der Waals surface area contributed by atoms with Crippen molar-refractivity contribution in [2.24, 2.45) is 5.92 Å². The van der Waals surface area contributed by atoms with Crippen LogP contribution >= 0.6 is 0 Å². The standard InChI is InChI=1S/C26H39NO8/c1-6-8-24(29)34-21-12-11-19(17-22(21)35-25(30)9-7-2)16-20(26(31)32-5)27-14-15-33-23(28)13-10-18(3)4/h11-12,17-18,20,27H,6-10,13-16H2,1-5H3/t20-/m0/s1. The van der Waals surface area contributed by atoms with Crippen LogP contribution in [0.2, 0.25) is 0 Å². The second kappa shape index (κ2) is 16.6. The Morgan fingerprint density at radius 2 is 1.51 bits per heavy atom. The van der Waals surface area contributed by atoms with Crippen LogP contribution in [0.25, 0.3) is 0 Å². The molecule has 0 aliphatic carbocycles. The minimum Gasteiger partial charge on any atom is -0.468 e. The topological polar surface area (TPSA) is 117 Å². The average molecular weight is 494 g/mol. The molecule has 0 saturated heterocycles. The molecule has 0 aliphatic heterocycles. The number of benzene rings is 1. The molecule has 0 aliphatic rings. The van der Waals surface area contributed by atoms with E-state index in [9.17, 15) is 19.2 Å². The molecule has 0 amide bonds. The number of methoxy groups -OCH3 is 1. The number of rotatable bonds is 16. The van der Waals surface area contributed by atoms with Gasteiger partial charge in [0, 0.05) is 25.8 Å². The average Bonchev–Trinajstić information content (AvgIpc) is 2.81. The van der Waals surface area contributed by atoms with Crippen LogP contribution in [0.4, 0.5) is 0 Å². The van der Waals surface area contributed by atoms with E-state index < -0.39 is 23.9 Å². The Bertz CT molecular complexity index is 837. The van der Waals surface area contributed by atoms with Crippen molar-refractivity contribution in [1.29, 1.82) is 0 Å². The summed E-state index contributed by atoms with van der Waals surface area (Å²) in [6.45, 7) is 8.17. The predicted octanol–water partition coefficient (Wildman–Crippen LogP) is 3.75. The molecule has 9 nitrogen and oxygen atoms in total. The maximum Gasteiger partial charge on any atom is 0.323 e. The van der Waals surface area contributed by atoms with Gasteiger partial charge in [0.15, 0.2) is 11.5 Å². The summed E-state index contributed by atoms with van der Waals surface area (Å²) in [6, 6.07) is 4.09. The highest BCUT2D eigenvalue weighted by Crippen LogP contribution is 2.30. The third-order valence-electron chi connectivity index (χ3n) is 4.97. The Morgan fingerprint density at radius 3 is 2.09 bits per heavy atom. The van der Waals surface area contributed by atoms with Crippen LogP contribution in [0.3, 0.4) is 0 Å². The Hall–Kier alpha value is -2.94. The molecule has 1 aromatic carbocycles. The van der Waals surface area contributed by atoms with Gasteiger partial charge in [-0.25, -0.2) is 0 Å². The molecule has 0 bridgehead atoms. The molecular weight excluding hydrogens is 454 g/mol. The molecule has 0 heterocycles. The number of hydrogen-bond acceptors (Lipinski definition) is 9. The fourth-order valence-electron chi connectivity index (χ4n) is 3.09. The molecule has 0 radical (unpaired) electrons. The van der Waals surface area contributed by atoms with Crippen LogP contribution in [-0.2, 0) is 35.1 Å². The summed E-state index contributed by atoms with van der Waals surface area (Å²) in [7, 11) is 1.29. The normalized spacial score (nSPS) is 11.6. The first-order valence-corrected chi connectivity index (χ1v) is 12.2. The van der Waals surface area contributed by atoms with Crippen molar-refractivity contribution in [2.75, 3.05) is 20.3 Å². The summed E-state index contributed by atoms with van der Waals surface area (Å²) in [6.07, 6.45) is 3.02. The van der Waals surface area contributed by atoms with Crippen molar-refractivity contribution in [3.63, 3.8) is 0 Å². The van der Waals surface area contributed by atoms with Crippen molar-refractivity contribution in [3.05, 3.63) is 23.8 Å². The van der Waals surface area contributed by atoms with Crippen LogP contribution in [0.15, 0.2) is 18.2 Å². The van der Waals surface area contributed by atoms with Crippen molar-refractivity contribution in [1.82, 2.24) is 5.32 Å². The summed E-state index contributed by atoms with van der Waals surface area (Å²) in [5.74, 6) is -0.955. The van der Waals surface area contributed by atoms with Gasteiger partial charge in [-0.3, -0.25) is 19.2 Å². The highest BCUT2D eigenvalue weighted by atomic mass is 16.6. The lowest BCUT2D eigenvalue weighted by Gasteiger charge is -2.18. The SMILES string of the molecule is CCCC(=O)Oc1ccc(C[C@H](NCCOC(=O)CCC(C)C)C(=O)OC)cc1OC(=O)CCC. The molecule has 0 fully saturated rings. The third-order valence-corrected chi connectivity index (χ3v) is 4.97. The van der Waals surface area contributed by atoms with Gasteiger partial charge in [0.05, 0.1) is 7.11 Å². The maximum atomic E-state index is 12.3. The molecular formula is C26H39NO8. The summed E-state index contributed by atoms with van der Waals surface area (Å²) in [5.41, 5.74) is 0.663. The number of esters is 4. The smallest absolute Gasteiger partial charge is 0.323 e. The quantitative estimate of drug-likeness (QED) is 0.209. The third kappa shape index (κ3) is 12.4. The summed E-state index contributed by atoms with van der Waals surface area (Å²) in [4.78, 5) is 48.1. The highest BCUT2D eigenvalue weighted by Gasteiger charge is 2.21. The Labute approximate surface area is 207 Å². The van der Waals surface area contributed by atoms with Gasteiger partial charge in [-0.05, 0) is 49.3 Å². The van der Waals surface area contributed by atoms with Crippen molar-refractivity contribution in [2.45, 2.75) is 78.7 Å². The van der Waals surface area contributed by atoms with E-state index in [4.69, 9.17) is 18.9 Å². The van der Waals surface area contributed by atoms with Crippen molar-refractivity contribution >= 4 is 23.9 Å². The molecule has 0 unspecified atom stereocenters. The Balaban J connectivity index is 2.87. The molecule has 196 valence electrons. The number of nitrogens with one attached hydrogen (secondary N) is 1. The first-order valence-electron chi connectivity index (χ1n) is 12.2. The van der Waals surface area contributed by atoms with E-state index in [0.717, 1.165) is 6.42 Å².